The van der Waals surface area contributed by atoms with Crippen molar-refractivity contribution in [1.29, 1.82) is 0 Å². The maximum atomic E-state index is 14.5. The van der Waals surface area contributed by atoms with Gasteiger partial charge in [-0.1, -0.05) is 60.7 Å². The molecule has 0 fully saturated rings. The van der Waals surface area contributed by atoms with Gasteiger partial charge in [-0.05, 0) is 17.5 Å². The Kier molecular flexibility index (Phi) is 5.01. The average molecular weight is 396 g/mol. The summed E-state index contributed by atoms with van der Waals surface area (Å²) in [6.45, 7) is 1.77. The largest absolute Gasteiger partial charge is 0.294 e. The Morgan fingerprint density at radius 3 is 1.79 bits per heavy atom. The highest BCUT2D eigenvalue weighted by atomic mass is 31.1. The fraction of sp³-hybridized carbons (Fsp3) is 0.0455. The van der Waals surface area contributed by atoms with Crippen LogP contribution in [0.15, 0.2) is 79.0 Å². The molecule has 0 unspecified atom stereocenters. The number of nitrogens with zero attached hydrogens (tertiary/aromatic N) is 2. The molecule has 0 bridgehead atoms. The lowest BCUT2D eigenvalue weighted by Crippen LogP contribution is -2.28. The molecule has 28 heavy (non-hydrogen) atoms. The standard InChI is InChI=1S/C22H16F3N2P/c1-15-14-27(21-19(24)12-16(23)13-20(21)25)22(26-15)28(17-8-4-2-5-9-17)18-10-6-3-7-11-18/h2-14H,1H3. The maximum Gasteiger partial charge on any atom is 0.153 e. The van der Waals surface area contributed by atoms with E-state index < -0.39 is 25.4 Å². The number of aromatic nitrogens is 2. The van der Waals surface area contributed by atoms with E-state index in [1.54, 1.807) is 13.1 Å². The van der Waals surface area contributed by atoms with Gasteiger partial charge in [-0.25, -0.2) is 18.2 Å². The Bertz CT molecular complexity index is 1050. The van der Waals surface area contributed by atoms with E-state index in [-0.39, 0.29) is 5.69 Å². The third-order valence-corrected chi connectivity index (χ3v) is 6.60. The minimum atomic E-state index is -1.18. The predicted octanol–water partition coefficient (Wildman–Crippen LogP) is 4.36. The molecular formula is C22H16F3N2P. The number of rotatable bonds is 4. The molecule has 140 valence electrons. The third-order valence-electron chi connectivity index (χ3n) is 4.26. The van der Waals surface area contributed by atoms with Gasteiger partial charge in [0.05, 0.1) is 5.69 Å². The lowest BCUT2D eigenvalue weighted by Gasteiger charge is -2.20. The molecule has 6 heteroatoms. The van der Waals surface area contributed by atoms with E-state index in [1.165, 1.54) is 4.57 Å². The first-order valence-electron chi connectivity index (χ1n) is 8.66. The molecule has 1 heterocycles. The summed E-state index contributed by atoms with van der Waals surface area (Å²) in [6.07, 6.45) is 1.58. The monoisotopic (exact) mass is 396 g/mol. The number of hydrogen-bond acceptors (Lipinski definition) is 1. The molecule has 0 aliphatic carbocycles. The molecule has 0 spiro atoms. The van der Waals surface area contributed by atoms with Crippen LogP contribution >= 0.6 is 7.92 Å². The highest BCUT2D eigenvalue weighted by Crippen LogP contribution is 2.34. The zero-order valence-electron chi connectivity index (χ0n) is 15.0. The molecule has 2 nitrogen and oxygen atoms in total. The van der Waals surface area contributed by atoms with Gasteiger partial charge in [-0.3, -0.25) is 4.57 Å². The number of hydrogen-bond donors (Lipinski definition) is 0. The second kappa shape index (κ2) is 7.61. The molecule has 0 saturated carbocycles. The molecule has 4 rings (SSSR count). The molecule has 0 radical (unpaired) electrons. The summed E-state index contributed by atoms with van der Waals surface area (Å²) in [5.74, 6) is -2.88. The summed E-state index contributed by atoms with van der Waals surface area (Å²) >= 11 is 0. The topological polar surface area (TPSA) is 17.8 Å². The van der Waals surface area contributed by atoms with Crippen LogP contribution in [0.3, 0.4) is 0 Å². The number of aryl methyl sites for hydroxylation is 1. The maximum absolute atomic E-state index is 14.5. The molecule has 0 amide bonds. The van der Waals surface area contributed by atoms with Crippen molar-refractivity contribution in [3.63, 3.8) is 0 Å². The first-order chi connectivity index (χ1) is 13.5. The molecule has 0 N–H and O–H groups in total. The summed E-state index contributed by atoms with van der Waals surface area (Å²) in [5.41, 5.74) is 0.822. The summed E-state index contributed by atoms with van der Waals surface area (Å²) in [4.78, 5) is 4.61. The predicted molar refractivity (Wildman–Crippen MR) is 107 cm³/mol. The molecule has 0 aliphatic heterocycles. The summed E-state index contributed by atoms with van der Waals surface area (Å²) in [6, 6.07) is 20.8. The van der Waals surface area contributed by atoms with Crippen molar-refractivity contribution in [2.45, 2.75) is 6.92 Å². The van der Waals surface area contributed by atoms with E-state index in [9.17, 15) is 13.2 Å². The highest BCUT2D eigenvalue weighted by molar-refractivity contribution is 7.79. The van der Waals surface area contributed by atoms with E-state index in [4.69, 9.17) is 0 Å². The lowest BCUT2D eigenvalue weighted by atomic mass is 10.3. The Morgan fingerprint density at radius 1 is 0.786 bits per heavy atom. The Balaban J connectivity index is 1.98. The quantitative estimate of drug-likeness (QED) is 0.469. The third kappa shape index (κ3) is 3.46. The van der Waals surface area contributed by atoms with Gasteiger partial charge >= 0.3 is 0 Å². The van der Waals surface area contributed by atoms with E-state index >= 15 is 0 Å². The average Bonchev–Trinajstić information content (AvgIpc) is 3.04. The number of benzene rings is 3. The van der Waals surface area contributed by atoms with E-state index in [0.717, 1.165) is 10.6 Å². The van der Waals surface area contributed by atoms with Gasteiger partial charge in [0.15, 0.2) is 11.6 Å². The zero-order valence-corrected chi connectivity index (χ0v) is 15.9. The molecular weight excluding hydrogens is 380 g/mol. The van der Waals surface area contributed by atoms with E-state index in [1.807, 2.05) is 60.7 Å². The van der Waals surface area contributed by atoms with Gasteiger partial charge in [0.25, 0.3) is 0 Å². The highest BCUT2D eigenvalue weighted by Gasteiger charge is 2.25. The van der Waals surface area contributed by atoms with Crippen molar-refractivity contribution in [3.05, 3.63) is 102 Å². The van der Waals surface area contributed by atoms with Crippen LogP contribution in [-0.2, 0) is 0 Å². The van der Waals surface area contributed by atoms with Crippen molar-refractivity contribution < 1.29 is 13.2 Å². The molecule has 4 aromatic rings. The summed E-state index contributed by atoms with van der Waals surface area (Å²) in [5, 5.41) is 2.00. The molecule has 0 saturated heterocycles. The second-order valence-corrected chi connectivity index (χ2v) is 8.38. The summed E-state index contributed by atoms with van der Waals surface area (Å²) in [7, 11) is -1.18. The van der Waals surface area contributed by atoms with Gasteiger partial charge in [0.1, 0.15) is 17.1 Å². The van der Waals surface area contributed by atoms with Crippen molar-refractivity contribution in [2.75, 3.05) is 0 Å². The van der Waals surface area contributed by atoms with E-state index in [2.05, 4.69) is 4.98 Å². The normalized spacial score (nSPS) is 11.2. The van der Waals surface area contributed by atoms with Crippen LogP contribution in [0.25, 0.3) is 5.69 Å². The van der Waals surface area contributed by atoms with Crippen LogP contribution < -0.4 is 16.2 Å². The van der Waals surface area contributed by atoms with Gasteiger partial charge in [-0.15, -0.1) is 0 Å². The summed E-state index contributed by atoms with van der Waals surface area (Å²) < 4.78 is 43.9. The second-order valence-electron chi connectivity index (χ2n) is 6.28. The van der Waals surface area contributed by atoms with Crippen molar-refractivity contribution in [3.8, 4) is 5.69 Å². The van der Waals surface area contributed by atoms with Crippen LogP contribution in [0, 0.1) is 24.4 Å². The van der Waals surface area contributed by atoms with Gasteiger partial charge < -0.3 is 0 Å². The molecule has 0 aliphatic rings. The minimum absolute atomic E-state index is 0.323. The fourth-order valence-electron chi connectivity index (χ4n) is 3.11. The van der Waals surface area contributed by atoms with Crippen LogP contribution in [0.1, 0.15) is 5.69 Å². The van der Waals surface area contributed by atoms with Crippen molar-refractivity contribution in [1.82, 2.24) is 9.55 Å². The van der Waals surface area contributed by atoms with Crippen molar-refractivity contribution in [2.24, 2.45) is 0 Å². The van der Waals surface area contributed by atoms with Crippen LogP contribution in [0.4, 0.5) is 13.2 Å². The van der Waals surface area contributed by atoms with Gasteiger partial charge in [0.2, 0.25) is 0 Å². The molecule has 3 aromatic carbocycles. The van der Waals surface area contributed by atoms with Crippen LogP contribution in [-0.4, -0.2) is 9.55 Å². The van der Waals surface area contributed by atoms with E-state index in [0.29, 0.717) is 23.4 Å². The Morgan fingerprint density at radius 2 is 1.29 bits per heavy atom. The first kappa shape index (κ1) is 18.5. The molecule has 1 aromatic heterocycles. The number of halogens is 3. The SMILES string of the molecule is Cc1cn(-c2c(F)cc(F)cc2F)c(P(c2ccccc2)c2ccccc2)n1. The van der Waals surface area contributed by atoms with Crippen molar-refractivity contribution >= 4 is 24.1 Å². The Hall–Kier alpha value is -2.91. The van der Waals surface area contributed by atoms with Gasteiger partial charge in [-0.2, -0.15) is 0 Å². The Labute approximate surface area is 162 Å². The van der Waals surface area contributed by atoms with Gasteiger partial charge in [0, 0.05) is 26.3 Å². The minimum Gasteiger partial charge on any atom is -0.294 e. The smallest absolute Gasteiger partial charge is 0.153 e. The molecule has 0 atom stereocenters. The lowest BCUT2D eigenvalue weighted by molar-refractivity contribution is 0.535. The van der Waals surface area contributed by atoms with Crippen LogP contribution in [0.2, 0.25) is 0 Å². The first-order valence-corrected chi connectivity index (χ1v) is 10.00. The zero-order chi connectivity index (χ0) is 19.7. The fourth-order valence-corrected chi connectivity index (χ4v) is 5.44. The number of imidazole rings is 1. The van der Waals surface area contributed by atoms with Crippen LogP contribution in [0.5, 0.6) is 0 Å².